The molecule has 11 nitrogen and oxygen atoms in total. The second kappa shape index (κ2) is 9.27. The first kappa shape index (κ1) is 23.1. The highest BCUT2D eigenvalue weighted by Gasteiger charge is 2.49. The van der Waals surface area contributed by atoms with E-state index in [-0.39, 0.29) is 24.5 Å². The van der Waals surface area contributed by atoms with Gasteiger partial charge in [0.15, 0.2) is 5.82 Å². The number of hydrogen-bond acceptors (Lipinski definition) is 8. The fraction of sp³-hybridized carbons (Fsp3) is 0.400. The Morgan fingerprint density at radius 3 is 2.12 bits per heavy atom. The van der Waals surface area contributed by atoms with Crippen LogP contribution < -0.4 is 0 Å². The molecule has 1 aliphatic rings. The SMILES string of the molecule is CCCN1C(=O)C(N=Nc2c(C#N)c(C)nn2-c2ccccc2)C(=O)N(CCC)S1(=O)=O. The zero-order chi connectivity index (χ0) is 23.5. The Labute approximate surface area is 186 Å². The Kier molecular flexibility index (Phi) is 6.69. The van der Waals surface area contributed by atoms with Crippen molar-refractivity contribution in [2.75, 3.05) is 13.1 Å². The molecule has 0 unspecified atom stereocenters. The lowest BCUT2D eigenvalue weighted by molar-refractivity contribution is -0.140. The van der Waals surface area contributed by atoms with Gasteiger partial charge in [0.1, 0.15) is 11.6 Å². The van der Waals surface area contributed by atoms with Gasteiger partial charge in [0.05, 0.1) is 11.4 Å². The molecule has 2 amide bonds. The summed E-state index contributed by atoms with van der Waals surface area (Å²) in [5, 5.41) is 21.8. The second-order valence-corrected chi connectivity index (χ2v) is 8.87. The molecule has 168 valence electrons. The molecule has 1 fully saturated rings. The summed E-state index contributed by atoms with van der Waals surface area (Å²) >= 11 is 0. The van der Waals surface area contributed by atoms with Crippen LogP contribution >= 0.6 is 0 Å². The number of para-hydroxylation sites is 1. The smallest absolute Gasteiger partial charge is 0.271 e. The number of nitriles is 1. The summed E-state index contributed by atoms with van der Waals surface area (Å²) in [5.74, 6) is -1.88. The van der Waals surface area contributed by atoms with Crippen LogP contribution in [0.2, 0.25) is 0 Å². The van der Waals surface area contributed by atoms with Crippen molar-refractivity contribution in [3.05, 3.63) is 41.6 Å². The molecule has 1 aromatic carbocycles. The lowest BCUT2D eigenvalue weighted by Crippen LogP contribution is -2.61. The third-order valence-electron chi connectivity index (χ3n) is 4.79. The monoisotopic (exact) mass is 457 g/mol. The molecule has 0 spiro atoms. The van der Waals surface area contributed by atoms with E-state index in [0.29, 0.717) is 32.8 Å². The number of amides is 2. The summed E-state index contributed by atoms with van der Waals surface area (Å²) in [6.07, 6.45) is 0.753. The van der Waals surface area contributed by atoms with Crippen molar-refractivity contribution < 1.29 is 18.0 Å². The maximum atomic E-state index is 12.9. The molecule has 3 rings (SSSR count). The first-order chi connectivity index (χ1) is 15.3. The molecule has 0 atom stereocenters. The maximum absolute atomic E-state index is 12.9. The minimum atomic E-state index is -4.27. The standard InChI is InChI=1S/C20H23N7O4S/c1-4-11-25-19(28)17(20(29)26(12-5-2)32(25,30)31)22-23-18-16(13-21)14(3)24-27(18)15-9-7-6-8-10-15/h6-10,17H,4-5,11-12H2,1-3H3. The number of rotatable bonds is 7. The molecule has 1 saturated heterocycles. The van der Waals surface area contributed by atoms with E-state index < -0.39 is 28.1 Å². The van der Waals surface area contributed by atoms with Crippen LogP contribution in [-0.2, 0) is 19.8 Å². The lowest BCUT2D eigenvalue weighted by Gasteiger charge is -2.36. The topological polar surface area (TPSA) is 141 Å². The summed E-state index contributed by atoms with van der Waals surface area (Å²) in [5.41, 5.74) is 1.14. The van der Waals surface area contributed by atoms with E-state index in [1.807, 2.05) is 12.1 Å². The minimum absolute atomic E-state index is 0.0503. The van der Waals surface area contributed by atoms with Crippen LogP contribution in [0, 0.1) is 18.3 Å². The summed E-state index contributed by atoms with van der Waals surface area (Å²) in [4.78, 5) is 25.8. The van der Waals surface area contributed by atoms with Gasteiger partial charge in [-0.25, -0.2) is 13.3 Å². The fourth-order valence-corrected chi connectivity index (χ4v) is 5.00. The molecule has 0 saturated carbocycles. The van der Waals surface area contributed by atoms with Gasteiger partial charge in [-0.1, -0.05) is 32.0 Å². The van der Waals surface area contributed by atoms with Gasteiger partial charge in [0, 0.05) is 13.1 Å². The number of benzene rings is 1. The van der Waals surface area contributed by atoms with Gasteiger partial charge < -0.3 is 0 Å². The summed E-state index contributed by atoms with van der Waals surface area (Å²) in [6.45, 7) is 4.92. The van der Waals surface area contributed by atoms with Gasteiger partial charge in [0.2, 0.25) is 6.04 Å². The summed E-state index contributed by atoms with van der Waals surface area (Å²) < 4.78 is 28.2. The number of carbonyl (C=O) groups is 2. The molecule has 0 bridgehead atoms. The maximum Gasteiger partial charge on any atom is 0.330 e. The van der Waals surface area contributed by atoms with Gasteiger partial charge in [0.25, 0.3) is 11.8 Å². The molecular formula is C20H23N7O4S. The second-order valence-electron chi connectivity index (χ2n) is 7.09. The summed E-state index contributed by atoms with van der Waals surface area (Å²) in [7, 11) is -4.27. The summed E-state index contributed by atoms with van der Waals surface area (Å²) in [6, 6.07) is 9.23. The van der Waals surface area contributed by atoms with Crippen LogP contribution in [0.15, 0.2) is 40.6 Å². The number of azo groups is 1. The normalized spacial score (nSPS) is 16.7. The molecule has 0 aliphatic carbocycles. The number of carbonyl (C=O) groups excluding carboxylic acids is 2. The molecule has 1 aliphatic heterocycles. The van der Waals surface area contributed by atoms with E-state index in [0.717, 1.165) is 0 Å². The molecule has 0 N–H and O–H groups in total. The van der Waals surface area contributed by atoms with Gasteiger partial charge in [-0.2, -0.15) is 23.9 Å². The quantitative estimate of drug-likeness (QED) is 0.461. The van der Waals surface area contributed by atoms with Crippen LogP contribution in [0.25, 0.3) is 5.69 Å². The van der Waals surface area contributed by atoms with E-state index in [4.69, 9.17) is 0 Å². The number of hydrogen-bond donors (Lipinski definition) is 0. The van der Waals surface area contributed by atoms with Crippen molar-refractivity contribution >= 4 is 27.8 Å². The van der Waals surface area contributed by atoms with Gasteiger partial charge >= 0.3 is 10.2 Å². The predicted octanol–water partition coefficient (Wildman–Crippen LogP) is 2.24. The Bertz CT molecular complexity index is 1170. The average Bonchev–Trinajstić information content (AvgIpc) is 3.10. The first-order valence-electron chi connectivity index (χ1n) is 10.1. The van der Waals surface area contributed by atoms with Crippen LogP contribution in [-0.4, -0.2) is 57.8 Å². The number of nitrogens with zero attached hydrogens (tertiary/aromatic N) is 7. The van der Waals surface area contributed by atoms with E-state index in [1.165, 1.54) is 4.68 Å². The van der Waals surface area contributed by atoms with Gasteiger partial charge in [-0.05, 0) is 31.9 Å². The number of aryl methyl sites for hydroxylation is 1. The van der Waals surface area contributed by atoms with E-state index in [9.17, 15) is 23.3 Å². The van der Waals surface area contributed by atoms with Crippen molar-refractivity contribution in [1.29, 1.82) is 5.26 Å². The molecule has 32 heavy (non-hydrogen) atoms. The lowest BCUT2D eigenvalue weighted by atomic mass is 10.2. The van der Waals surface area contributed by atoms with Crippen LogP contribution in [0.5, 0.6) is 0 Å². The van der Waals surface area contributed by atoms with Crippen molar-refractivity contribution in [3.63, 3.8) is 0 Å². The van der Waals surface area contributed by atoms with Crippen LogP contribution in [0.4, 0.5) is 5.82 Å². The highest BCUT2D eigenvalue weighted by molar-refractivity contribution is 7.88. The van der Waals surface area contributed by atoms with E-state index in [2.05, 4.69) is 15.3 Å². The Morgan fingerprint density at radius 1 is 1.06 bits per heavy atom. The Hall–Kier alpha value is -3.59. The highest BCUT2D eigenvalue weighted by Crippen LogP contribution is 2.28. The van der Waals surface area contributed by atoms with E-state index in [1.54, 1.807) is 45.0 Å². The van der Waals surface area contributed by atoms with Crippen LogP contribution in [0.1, 0.15) is 37.9 Å². The number of aromatic nitrogens is 2. The zero-order valence-corrected chi connectivity index (χ0v) is 18.8. The van der Waals surface area contributed by atoms with Gasteiger partial charge in [-0.15, -0.1) is 5.11 Å². The third-order valence-corrected chi connectivity index (χ3v) is 6.63. The minimum Gasteiger partial charge on any atom is -0.271 e. The molecule has 0 radical (unpaired) electrons. The largest absolute Gasteiger partial charge is 0.330 e. The third kappa shape index (κ3) is 3.99. The Balaban J connectivity index is 2.08. The average molecular weight is 458 g/mol. The molecule has 2 aromatic rings. The first-order valence-corrected chi connectivity index (χ1v) is 11.5. The fourth-order valence-electron chi connectivity index (χ4n) is 3.28. The molecule has 12 heteroatoms. The Morgan fingerprint density at radius 2 is 1.62 bits per heavy atom. The van der Waals surface area contributed by atoms with Crippen LogP contribution in [0.3, 0.4) is 0 Å². The van der Waals surface area contributed by atoms with E-state index >= 15 is 0 Å². The molecule has 2 heterocycles. The van der Waals surface area contributed by atoms with Crippen molar-refractivity contribution in [2.45, 2.75) is 39.7 Å². The highest BCUT2D eigenvalue weighted by atomic mass is 32.2. The predicted molar refractivity (Wildman–Crippen MR) is 114 cm³/mol. The zero-order valence-electron chi connectivity index (χ0n) is 18.0. The van der Waals surface area contributed by atoms with Crippen molar-refractivity contribution in [2.24, 2.45) is 10.2 Å². The van der Waals surface area contributed by atoms with Crippen molar-refractivity contribution in [3.8, 4) is 11.8 Å². The van der Waals surface area contributed by atoms with Gasteiger partial charge in [-0.3, -0.25) is 9.59 Å². The molecule has 1 aromatic heterocycles. The van der Waals surface area contributed by atoms with Crippen molar-refractivity contribution in [1.82, 2.24) is 18.4 Å². The molecular weight excluding hydrogens is 434 g/mol.